The SMILES string of the molecule is COc1ccc(-c2oc3ccc(N4C(=O)CSC4c4ccc(Cl)c(Cl)c4)cc3c(=O)c2OC)cc1OC. The van der Waals surface area contributed by atoms with Crippen LogP contribution in [0.2, 0.25) is 10.0 Å². The standard InChI is InChI=1S/C27H21Cl2NO6S/c1-33-21-8-5-14(11-22(21)34-2)25-26(35-3)24(32)17-12-16(6-9-20(17)36-25)30-23(31)13-37-27(30)15-4-7-18(28)19(29)10-15/h4-12,27H,13H2,1-3H3. The van der Waals surface area contributed by atoms with Crippen molar-refractivity contribution < 1.29 is 23.4 Å². The van der Waals surface area contributed by atoms with Gasteiger partial charge in [-0.15, -0.1) is 11.8 Å². The number of hydrogen-bond acceptors (Lipinski definition) is 7. The molecule has 190 valence electrons. The molecular formula is C27H21Cl2NO6S. The van der Waals surface area contributed by atoms with Crippen LogP contribution in [0.3, 0.4) is 0 Å². The Balaban J connectivity index is 1.61. The average Bonchev–Trinajstić information content (AvgIpc) is 3.30. The summed E-state index contributed by atoms with van der Waals surface area (Å²) in [5.41, 5.74) is 1.97. The van der Waals surface area contributed by atoms with Gasteiger partial charge in [0.25, 0.3) is 0 Å². The van der Waals surface area contributed by atoms with Gasteiger partial charge in [0.2, 0.25) is 17.1 Å². The molecule has 1 aliphatic heterocycles. The van der Waals surface area contributed by atoms with E-state index in [1.807, 2.05) is 6.07 Å². The van der Waals surface area contributed by atoms with Gasteiger partial charge in [-0.1, -0.05) is 29.3 Å². The number of fused-ring (bicyclic) bond motifs is 1. The number of carbonyl (C=O) groups is 1. The molecule has 4 aromatic rings. The summed E-state index contributed by atoms with van der Waals surface area (Å²) in [5.74, 6) is 1.54. The first-order chi connectivity index (χ1) is 17.9. The minimum Gasteiger partial charge on any atom is -0.493 e. The number of thioether (sulfide) groups is 1. The Labute approximate surface area is 226 Å². The van der Waals surface area contributed by atoms with E-state index in [4.69, 9.17) is 41.8 Å². The molecule has 37 heavy (non-hydrogen) atoms. The Morgan fingerprint density at radius 2 is 1.68 bits per heavy atom. The van der Waals surface area contributed by atoms with Crippen molar-refractivity contribution in [3.8, 4) is 28.6 Å². The van der Waals surface area contributed by atoms with E-state index in [1.54, 1.807) is 60.5 Å². The molecule has 0 bridgehead atoms. The van der Waals surface area contributed by atoms with E-state index >= 15 is 0 Å². The molecule has 0 spiro atoms. The maximum Gasteiger partial charge on any atom is 0.238 e. The number of ether oxygens (including phenoxy) is 3. The van der Waals surface area contributed by atoms with Crippen LogP contribution in [0.1, 0.15) is 10.9 Å². The van der Waals surface area contributed by atoms with Crippen molar-refractivity contribution in [2.75, 3.05) is 32.0 Å². The maximum absolute atomic E-state index is 13.5. The highest BCUT2D eigenvalue weighted by Gasteiger charge is 2.35. The summed E-state index contributed by atoms with van der Waals surface area (Å²) < 4.78 is 22.3. The topological polar surface area (TPSA) is 78.2 Å². The van der Waals surface area contributed by atoms with E-state index in [-0.39, 0.29) is 33.6 Å². The van der Waals surface area contributed by atoms with Gasteiger partial charge in [0.15, 0.2) is 17.3 Å². The van der Waals surface area contributed by atoms with Crippen LogP contribution in [0.25, 0.3) is 22.3 Å². The summed E-state index contributed by atoms with van der Waals surface area (Å²) in [5, 5.41) is 0.813. The second-order valence-corrected chi connectivity index (χ2v) is 10.0. The highest BCUT2D eigenvalue weighted by atomic mass is 35.5. The minimum absolute atomic E-state index is 0.0417. The van der Waals surface area contributed by atoms with Gasteiger partial charge in [-0.25, -0.2) is 0 Å². The fourth-order valence-corrected chi connectivity index (χ4v) is 5.76. The van der Waals surface area contributed by atoms with Crippen LogP contribution < -0.4 is 24.5 Å². The van der Waals surface area contributed by atoms with Gasteiger partial charge in [-0.3, -0.25) is 14.5 Å². The third-order valence-corrected chi connectivity index (χ3v) is 8.01. The molecule has 2 heterocycles. The molecule has 1 aliphatic rings. The number of halogens is 2. The van der Waals surface area contributed by atoms with Crippen LogP contribution in [0.5, 0.6) is 17.2 Å². The van der Waals surface area contributed by atoms with Crippen LogP contribution in [0, 0.1) is 0 Å². The van der Waals surface area contributed by atoms with Gasteiger partial charge in [-0.05, 0) is 54.1 Å². The van der Waals surface area contributed by atoms with E-state index < -0.39 is 0 Å². The first-order valence-electron chi connectivity index (χ1n) is 11.1. The van der Waals surface area contributed by atoms with Crippen molar-refractivity contribution in [2.24, 2.45) is 0 Å². The van der Waals surface area contributed by atoms with E-state index in [1.165, 1.54) is 26.0 Å². The zero-order valence-corrected chi connectivity index (χ0v) is 22.4. The molecular weight excluding hydrogens is 537 g/mol. The molecule has 0 aliphatic carbocycles. The number of amides is 1. The van der Waals surface area contributed by atoms with Gasteiger partial charge >= 0.3 is 0 Å². The molecule has 1 fully saturated rings. The largest absolute Gasteiger partial charge is 0.493 e. The lowest BCUT2D eigenvalue weighted by Gasteiger charge is -2.25. The van der Waals surface area contributed by atoms with Crippen LogP contribution in [0.15, 0.2) is 63.8 Å². The molecule has 1 amide bonds. The van der Waals surface area contributed by atoms with Gasteiger partial charge in [0.1, 0.15) is 11.0 Å². The van der Waals surface area contributed by atoms with Crippen molar-refractivity contribution in [1.82, 2.24) is 0 Å². The van der Waals surface area contributed by atoms with E-state index in [2.05, 4.69) is 0 Å². The van der Waals surface area contributed by atoms with Gasteiger partial charge in [0.05, 0.1) is 42.5 Å². The van der Waals surface area contributed by atoms with Gasteiger partial charge in [0, 0.05) is 11.3 Å². The summed E-state index contributed by atoms with van der Waals surface area (Å²) in [6.07, 6.45) is 0. The van der Waals surface area contributed by atoms with E-state index in [0.29, 0.717) is 44.1 Å². The molecule has 10 heteroatoms. The van der Waals surface area contributed by atoms with Crippen LogP contribution >= 0.6 is 35.0 Å². The second-order valence-electron chi connectivity index (χ2n) is 8.14. The normalized spacial score (nSPS) is 15.3. The molecule has 0 saturated carbocycles. The Kier molecular flexibility index (Phi) is 6.98. The Morgan fingerprint density at radius 1 is 0.892 bits per heavy atom. The molecule has 1 atom stereocenters. The molecule has 0 radical (unpaired) electrons. The number of carbonyl (C=O) groups excluding carboxylic acids is 1. The number of benzene rings is 3. The van der Waals surface area contributed by atoms with Crippen LogP contribution in [-0.2, 0) is 4.79 Å². The molecule has 1 unspecified atom stereocenters. The first kappa shape index (κ1) is 25.3. The summed E-state index contributed by atoms with van der Waals surface area (Å²) in [7, 11) is 4.48. The predicted octanol–water partition coefficient (Wildman–Crippen LogP) is 6.57. The van der Waals surface area contributed by atoms with Crippen molar-refractivity contribution in [2.45, 2.75) is 5.37 Å². The number of nitrogens with zero attached hydrogens (tertiary/aromatic N) is 1. The maximum atomic E-state index is 13.5. The molecule has 3 aromatic carbocycles. The molecule has 1 saturated heterocycles. The van der Waals surface area contributed by atoms with Crippen molar-refractivity contribution >= 4 is 57.5 Å². The summed E-state index contributed by atoms with van der Waals surface area (Å²) in [6, 6.07) is 15.6. The molecule has 5 rings (SSSR count). The molecule has 7 nitrogen and oxygen atoms in total. The van der Waals surface area contributed by atoms with Crippen molar-refractivity contribution in [3.63, 3.8) is 0 Å². The summed E-state index contributed by atoms with van der Waals surface area (Å²) >= 11 is 13.8. The second kappa shape index (κ2) is 10.2. The summed E-state index contributed by atoms with van der Waals surface area (Å²) in [4.78, 5) is 28.1. The fourth-order valence-electron chi connectivity index (χ4n) is 4.28. The number of methoxy groups -OCH3 is 3. The van der Waals surface area contributed by atoms with E-state index in [0.717, 1.165) is 5.56 Å². The zero-order valence-electron chi connectivity index (χ0n) is 20.0. The lowest BCUT2D eigenvalue weighted by atomic mass is 10.1. The van der Waals surface area contributed by atoms with Gasteiger partial charge < -0.3 is 18.6 Å². The summed E-state index contributed by atoms with van der Waals surface area (Å²) in [6.45, 7) is 0. The Morgan fingerprint density at radius 3 is 2.38 bits per heavy atom. The molecule has 0 N–H and O–H groups in total. The predicted molar refractivity (Wildman–Crippen MR) is 147 cm³/mol. The third-order valence-electron chi connectivity index (χ3n) is 6.06. The van der Waals surface area contributed by atoms with Gasteiger partial charge in [-0.2, -0.15) is 0 Å². The smallest absolute Gasteiger partial charge is 0.238 e. The number of rotatable bonds is 6. The first-order valence-corrected chi connectivity index (χ1v) is 12.9. The van der Waals surface area contributed by atoms with Crippen LogP contribution in [0.4, 0.5) is 5.69 Å². The Bertz CT molecular complexity index is 1590. The molecule has 1 aromatic heterocycles. The number of anilines is 1. The van der Waals surface area contributed by atoms with Crippen molar-refractivity contribution in [1.29, 1.82) is 0 Å². The lowest BCUT2D eigenvalue weighted by Crippen LogP contribution is -2.28. The quantitative estimate of drug-likeness (QED) is 0.265. The zero-order chi connectivity index (χ0) is 26.3. The number of hydrogen-bond donors (Lipinski definition) is 0. The monoisotopic (exact) mass is 557 g/mol. The third kappa shape index (κ3) is 4.50. The highest BCUT2D eigenvalue weighted by molar-refractivity contribution is 8.00. The van der Waals surface area contributed by atoms with Crippen LogP contribution in [-0.4, -0.2) is 33.0 Å². The minimum atomic E-state index is -0.360. The fraction of sp³-hybridized carbons (Fsp3) is 0.185. The lowest BCUT2D eigenvalue weighted by molar-refractivity contribution is -0.115. The van der Waals surface area contributed by atoms with E-state index in [9.17, 15) is 9.59 Å². The van der Waals surface area contributed by atoms with Crippen molar-refractivity contribution in [3.05, 3.63) is 80.4 Å². The average molecular weight is 558 g/mol. The Hall–Kier alpha value is -3.33. The highest BCUT2D eigenvalue weighted by Crippen LogP contribution is 2.44.